The molecule has 5 heteroatoms. The van der Waals surface area contributed by atoms with Crippen LogP contribution in [0.5, 0.6) is 11.5 Å². The minimum Gasteiger partial charge on any atom is -0.493 e. The van der Waals surface area contributed by atoms with Crippen molar-refractivity contribution in [2.75, 3.05) is 14.2 Å². The van der Waals surface area contributed by atoms with E-state index < -0.39 is 0 Å². The lowest BCUT2D eigenvalue weighted by atomic mass is 9.87. The van der Waals surface area contributed by atoms with E-state index in [9.17, 15) is 4.79 Å². The number of ether oxygens (including phenoxy) is 2. The zero-order valence-electron chi connectivity index (χ0n) is 17.7. The van der Waals surface area contributed by atoms with Crippen molar-refractivity contribution in [3.8, 4) is 11.5 Å². The van der Waals surface area contributed by atoms with Gasteiger partial charge in [0.05, 0.1) is 14.2 Å². The topological polar surface area (TPSA) is 63.3 Å². The van der Waals surface area contributed by atoms with E-state index in [2.05, 4.69) is 16.4 Å². The molecule has 1 amide bonds. The maximum atomic E-state index is 13.0. The van der Waals surface area contributed by atoms with E-state index >= 15 is 0 Å². The third kappa shape index (κ3) is 4.40. The maximum Gasteiger partial charge on any atom is 0.221 e. The number of nitrogens with one attached hydrogen (secondary N) is 2. The molecular weight excluding hydrogens is 388 g/mol. The molecule has 4 rings (SSSR count). The summed E-state index contributed by atoms with van der Waals surface area (Å²) in [6, 6.07) is 23.8. The van der Waals surface area contributed by atoms with Crippen molar-refractivity contribution in [1.29, 1.82) is 0 Å². The van der Waals surface area contributed by atoms with Crippen molar-refractivity contribution >= 4 is 16.8 Å². The third-order valence-electron chi connectivity index (χ3n) is 5.53. The van der Waals surface area contributed by atoms with Crippen molar-refractivity contribution in [2.24, 2.45) is 0 Å². The highest BCUT2D eigenvalue weighted by Gasteiger charge is 2.25. The van der Waals surface area contributed by atoms with Crippen LogP contribution in [-0.4, -0.2) is 25.1 Å². The van der Waals surface area contributed by atoms with E-state index in [0.717, 1.165) is 27.6 Å². The number of methoxy groups -OCH3 is 2. The minimum atomic E-state index is -0.197. The van der Waals surface area contributed by atoms with Gasteiger partial charge in [-0.2, -0.15) is 0 Å². The van der Waals surface area contributed by atoms with Crippen molar-refractivity contribution in [3.63, 3.8) is 0 Å². The Hall–Kier alpha value is -3.73. The average Bonchev–Trinajstić information content (AvgIpc) is 3.25. The normalized spacial score (nSPS) is 11.8. The van der Waals surface area contributed by atoms with E-state index in [-0.39, 0.29) is 18.2 Å². The summed E-state index contributed by atoms with van der Waals surface area (Å²) in [5, 5.41) is 4.15. The van der Waals surface area contributed by atoms with Crippen LogP contribution in [-0.2, 0) is 11.3 Å². The lowest BCUT2D eigenvalue weighted by Crippen LogP contribution is -2.25. The second kappa shape index (κ2) is 9.39. The van der Waals surface area contributed by atoms with Gasteiger partial charge in [0.25, 0.3) is 0 Å². The quantitative estimate of drug-likeness (QED) is 0.425. The molecule has 1 heterocycles. The fraction of sp³-hybridized carbons (Fsp3) is 0.192. The summed E-state index contributed by atoms with van der Waals surface area (Å²) in [6.07, 6.45) is 2.27. The summed E-state index contributed by atoms with van der Waals surface area (Å²) in [5.41, 5.74) is 4.07. The summed E-state index contributed by atoms with van der Waals surface area (Å²) < 4.78 is 11.2. The molecule has 0 aliphatic rings. The van der Waals surface area contributed by atoms with Crippen LogP contribution in [0.15, 0.2) is 79.0 Å². The fourth-order valence-corrected chi connectivity index (χ4v) is 4.01. The monoisotopic (exact) mass is 414 g/mol. The van der Waals surface area contributed by atoms with E-state index in [4.69, 9.17) is 9.47 Å². The number of H-pyrrole nitrogens is 1. The molecule has 2 N–H and O–H groups in total. The van der Waals surface area contributed by atoms with Gasteiger partial charge in [0, 0.05) is 41.5 Å². The van der Waals surface area contributed by atoms with Crippen LogP contribution in [0.25, 0.3) is 10.9 Å². The zero-order chi connectivity index (χ0) is 21.6. The molecule has 0 unspecified atom stereocenters. The first kappa shape index (κ1) is 20.5. The Morgan fingerprint density at radius 1 is 0.903 bits per heavy atom. The second-order valence-corrected chi connectivity index (χ2v) is 7.39. The summed E-state index contributed by atoms with van der Waals surface area (Å²) in [7, 11) is 3.25. The van der Waals surface area contributed by atoms with Gasteiger partial charge >= 0.3 is 0 Å². The number of aromatic amines is 1. The van der Waals surface area contributed by atoms with E-state index in [1.54, 1.807) is 14.2 Å². The molecule has 0 fully saturated rings. The van der Waals surface area contributed by atoms with E-state index in [1.807, 2.05) is 72.9 Å². The summed E-state index contributed by atoms with van der Waals surface area (Å²) >= 11 is 0. The summed E-state index contributed by atoms with van der Waals surface area (Å²) in [4.78, 5) is 16.3. The van der Waals surface area contributed by atoms with Gasteiger partial charge in [-0.05, 0) is 23.3 Å². The number of carbonyl (C=O) groups excluding carboxylic acids is 1. The number of hydrogen-bond acceptors (Lipinski definition) is 3. The largest absolute Gasteiger partial charge is 0.493 e. The molecule has 0 spiro atoms. The Morgan fingerprint density at radius 3 is 2.45 bits per heavy atom. The Morgan fingerprint density at radius 2 is 1.68 bits per heavy atom. The molecule has 5 nitrogen and oxygen atoms in total. The first-order valence-electron chi connectivity index (χ1n) is 10.3. The molecule has 0 aliphatic carbocycles. The van der Waals surface area contributed by atoms with E-state index in [1.165, 1.54) is 0 Å². The Balaban J connectivity index is 1.69. The molecule has 0 aliphatic heterocycles. The van der Waals surface area contributed by atoms with Gasteiger partial charge in [0.2, 0.25) is 5.91 Å². The smallest absolute Gasteiger partial charge is 0.221 e. The van der Waals surface area contributed by atoms with Crippen molar-refractivity contribution < 1.29 is 14.3 Å². The summed E-state index contributed by atoms with van der Waals surface area (Å²) in [5.74, 6) is 1.08. The van der Waals surface area contributed by atoms with Gasteiger partial charge in [0.15, 0.2) is 11.5 Å². The standard InChI is InChI=1S/C26H26N2O3/c1-30-24-14-8-12-20(26(24)31-2)21(22-17-27-23-13-7-6-11-19(22)23)15-25(29)28-16-18-9-4-3-5-10-18/h3-14,17,21,27H,15-16H2,1-2H3,(H,28,29)/t21-/m1/s1. The molecule has 1 atom stereocenters. The number of para-hydroxylation sites is 2. The van der Waals surface area contributed by atoms with Crippen molar-refractivity contribution in [3.05, 3.63) is 95.7 Å². The lowest BCUT2D eigenvalue weighted by molar-refractivity contribution is -0.121. The van der Waals surface area contributed by atoms with Crippen LogP contribution in [0, 0.1) is 0 Å². The van der Waals surface area contributed by atoms with Crippen molar-refractivity contribution in [2.45, 2.75) is 18.9 Å². The zero-order valence-corrected chi connectivity index (χ0v) is 17.7. The predicted molar refractivity (Wildman–Crippen MR) is 123 cm³/mol. The number of carbonyl (C=O) groups is 1. The average molecular weight is 415 g/mol. The number of hydrogen-bond donors (Lipinski definition) is 2. The Labute approximate surface area is 182 Å². The van der Waals surface area contributed by atoms with Crippen molar-refractivity contribution in [1.82, 2.24) is 10.3 Å². The number of rotatable bonds is 8. The first-order chi connectivity index (χ1) is 15.2. The number of benzene rings is 3. The first-order valence-corrected chi connectivity index (χ1v) is 10.3. The van der Waals surface area contributed by atoms with Gasteiger partial charge < -0.3 is 19.8 Å². The highest BCUT2D eigenvalue weighted by atomic mass is 16.5. The number of aromatic nitrogens is 1. The molecule has 0 radical (unpaired) electrons. The molecule has 0 saturated heterocycles. The van der Waals surface area contributed by atoms with Gasteiger partial charge in [0.1, 0.15) is 0 Å². The molecule has 158 valence electrons. The minimum absolute atomic E-state index is 0.0241. The Kier molecular flexibility index (Phi) is 6.22. The fourth-order valence-electron chi connectivity index (χ4n) is 4.01. The number of fused-ring (bicyclic) bond motifs is 1. The molecular formula is C26H26N2O3. The van der Waals surface area contributed by atoms with Gasteiger partial charge in [-0.15, -0.1) is 0 Å². The van der Waals surface area contributed by atoms with Gasteiger partial charge in [-0.1, -0.05) is 60.7 Å². The highest BCUT2D eigenvalue weighted by Crippen LogP contribution is 2.41. The predicted octanol–water partition coefficient (Wildman–Crippen LogP) is 5.02. The maximum absolute atomic E-state index is 13.0. The molecule has 0 saturated carbocycles. The summed E-state index contributed by atoms with van der Waals surface area (Å²) in [6.45, 7) is 0.496. The van der Waals surface area contributed by atoms with Gasteiger partial charge in [-0.25, -0.2) is 0 Å². The van der Waals surface area contributed by atoms with Crippen LogP contribution >= 0.6 is 0 Å². The highest BCUT2D eigenvalue weighted by molar-refractivity contribution is 5.86. The molecule has 1 aromatic heterocycles. The SMILES string of the molecule is COc1cccc([C@@H](CC(=O)NCc2ccccc2)c2c[nH]c3ccccc23)c1OC. The third-order valence-corrected chi connectivity index (χ3v) is 5.53. The van der Waals surface area contributed by atoms with Crippen LogP contribution in [0.2, 0.25) is 0 Å². The van der Waals surface area contributed by atoms with Crippen LogP contribution in [0.4, 0.5) is 0 Å². The second-order valence-electron chi connectivity index (χ2n) is 7.39. The molecule has 4 aromatic rings. The molecule has 3 aromatic carbocycles. The lowest BCUT2D eigenvalue weighted by Gasteiger charge is -2.21. The van der Waals surface area contributed by atoms with Gasteiger partial charge in [-0.3, -0.25) is 4.79 Å². The Bertz CT molecular complexity index is 1170. The molecule has 0 bridgehead atoms. The number of amides is 1. The van der Waals surface area contributed by atoms with Crippen LogP contribution in [0.1, 0.15) is 29.0 Å². The molecule has 31 heavy (non-hydrogen) atoms. The van der Waals surface area contributed by atoms with Crippen LogP contribution in [0.3, 0.4) is 0 Å². The van der Waals surface area contributed by atoms with E-state index in [0.29, 0.717) is 18.0 Å². The van der Waals surface area contributed by atoms with Crippen LogP contribution < -0.4 is 14.8 Å².